The van der Waals surface area contributed by atoms with Crippen molar-refractivity contribution in [3.05, 3.63) is 48.4 Å². The molecule has 21 heavy (non-hydrogen) atoms. The third-order valence-electron chi connectivity index (χ3n) is 3.09. The minimum Gasteiger partial charge on any atom is -0.326 e. The lowest BCUT2D eigenvalue weighted by Crippen LogP contribution is -2.16. The Morgan fingerprint density at radius 3 is 2.90 bits per heavy atom. The zero-order valence-corrected chi connectivity index (χ0v) is 11.8. The highest BCUT2D eigenvalue weighted by Crippen LogP contribution is 2.25. The molecule has 0 unspecified atom stereocenters. The molecule has 1 aromatic carbocycles. The summed E-state index contributed by atoms with van der Waals surface area (Å²) in [6, 6.07) is 7.15. The van der Waals surface area contributed by atoms with E-state index < -0.39 is 10.0 Å². The average Bonchev–Trinajstić information content (AvgIpc) is 2.97. The fourth-order valence-corrected chi connectivity index (χ4v) is 3.30. The first-order chi connectivity index (χ1) is 10.1. The second kappa shape index (κ2) is 5.15. The van der Waals surface area contributed by atoms with Gasteiger partial charge >= 0.3 is 0 Å². The lowest BCUT2D eigenvalue weighted by atomic mass is 10.1. The number of benzene rings is 1. The van der Waals surface area contributed by atoms with Gasteiger partial charge in [0.15, 0.2) is 5.03 Å². The predicted octanol–water partition coefficient (Wildman–Crippen LogP) is 1.22. The van der Waals surface area contributed by atoms with Crippen molar-refractivity contribution in [3.63, 3.8) is 0 Å². The van der Waals surface area contributed by atoms with E-state index in [4.69, 9.17) is 5.73 Å². The van der Waals surface area contributed by atoms with Crippen LogP contribution in [0.15, 0.2) is 47.9 Å². The van der Waals surface area contributed by atoms with Gasteiger partial charge in [0.25, 0.3) is 10.0 Å². The topological polar surface area (TPSA) is 114 Å². The Morgan fingerprint density at radius 1 is 1.24 bits per heavy atom. The summed E-state index contributed by atoms with van der Waals surface area (Å²) in [6.45, 7) is 0.0871. The number of anilines is 1. The van der Waals surface area contributed by atoms with Crippen LogP contribution in [0, 0.1) is 0 Å². The van der Waals surface area contributed by atoms with E-state index in [1.54, 1.807) is 24.5 Å². The van der Waals surface area contributed by atoms with E-state index in [1.807, 2.05) is 12.1 Å². The molecule has 4 N–H and O–H groups in total. The largest absolute Gasteiger partial charge is 0.326 e. The Morgan fingerprint density at radius 2 is 2.10 bits per heavy atom. The van der Waals surface area contributed by atoms with Crippen molar-refractivity contribution >= 4 is 26.5 Å². The number of nitrogens with two attached hydrogens (primary N) is 1. The highest BCUT2D eigenvalue weighted by Gasteiger charge is 2.21. The summed E-state index contributed by atoms with van der Waals surface area (Å²) >= 11 is 0. The van der Waals surface area contributed by atoms with Crippen molar-refractivity contribution in [2.45, 2.75) is 11.6 Å². The average molecular weight is 303 g/mol. The summed E-state index contributed by atoms with van der Waals surface area (Å²) in [5, 5.41) is 7.79. The molecular formula is C13H13N5O2S. The molecule has 0 aliphatic rings. The van der Waals surface area contributed by atoms with Crippen LogP contribution in [0.25, 0.3) is 10.8 Å². The number of hydrogen-bond donors (Lipinski definition) is 3. The van der Waals surface area contributed by atoms with Gasteiger partial charge in [0.1, 0.15) is 0 Å². The number of aromatic amines is 1. The minimum absolute atomic E-state index is 0.0223. The number of nitrogens with zero attached hydrogens (tertiary/aromatic N) is 2. The van der Waals surface area contributed by atoms with Gasteiger partial charge in [0.2, 0.25) is 0 Å². The van der Waals surface area contributed by atoms with Crippen LogP contribution in [0.5, 0.6) is 0 Å². The van der Waals surface area contributed by atoms with E-state index in [1.165, 1.54) is 6.20 Å². The molecule has 0 saturated carbocycles. The number of H-pyrrole nitrogens is 1. The molecule has 108 valence electrons. The molecule has 8 heteroatoms. The van der Waals surface area contributed by atoms with Crippen LogP contribution in [0.4, 0.5) is 5.69 Å². The molecule has 3 rings (SSSR count). The maximum atomic E-state index is 12.4. The van der Waals surface area contributed by atoms with Gasteiger partial charge in [-0.2, -0.15) is 13.5 Å². The SMILES string of the molecule is NCc1cn[nH]c1S(=O)(=O)Nc1cccc2ccncc12. The first kappa shape index (κ1) is 13.5. The number of fused-ring (bicyclic) bond motifs is 1. The van der Waals surface area contributed by atoms with E-state index in [-0.39, 0.29) is 11.6 Å². The molecule has 0 aliphatic carbocycles. The third-order valence-corrected chi connectivity index (χ3v) is 4.47. The van der Waals surface area contributed by atoms with Crippen molar-refractivity contribution in [1.82, 2.24) is 15.2 Å². The smallest absolute Gasteiger partial charge is 0.279 e. The standard InChI is InChI=1S/C13H13N5O2S/c14-6-10-7-16-17-13(10)21(19,20)18-12-3-1-2-9-4-5-15-8-11(9)12/h1-5,7-8,18H,6,14H2,(H,16,17). The zero-order valence-electron chi connectivity index (χ0n) is 10.9. The number of aromatic nitrogens is 3. The van der Waals surface area contributed by atoms with Gasteiger partial charge < -0.3 is 5.73 Å². The molecule has 2 heterocycles. The Labute approximate surface area is 121 Å². The van der Waals surface area contributed by atoms with Crippen molar-refractivity contribution in [3.8, 4) is 0 Å². The van der Waals surface area contributed by atoms with Gasteiger partial charge in [-0.25, -0.2) is 0 Å². The van der Waals surface area contributed by atoms with Crippen LogP contribution in [-0.2, 0) is 16.6 Å². The Balaban J connectivity index is 2.06. The van der Waals surface area contributed by atoms with Crippen molar-refractivity contribution in [1.29, 1.82) is 0 Å². The number of hydrogen-bond acceptors (Lipinski definition) is 5. The van der Waals surface area contributed by atoms with E-state index in [2.05, 4.69) is 19.9 Å². The molecule has 2 aromatic heterocycles. The van der Waals surface area contributed by atoms with Gasteiger partial charge in [-0.05, 0) is 17.5 Å². The van der Waals surface area contributed by atoms with Gasteiger partial charge in [0, 0.05) is 29.9 Å². The number of sulfonamides is 1. The molecule has 0 bridgehead atoms. The van der Waals surface area contributed by atoms with Gasteiger partial charge in [-0.1, -0.05) is 12.1 Å². The minimum atomic E-state index is -3.78. The maximum Gasteiger partial charge on any atom is 0.279 e. The van der Waals surface area contributed by atoms with E-state index >= 15 is 0 Å². The summed E-state index contributed by atoms with van der Waals surface area (Å²) in [5.74, 6) is 0. The second-order valence-electron chi connectivity index (χ2n) is 4.44. The summed E-state index contributed by atoms with van der Waals surface area (Å²) in [5.41, 5.74) is 6.40. The zero-order chi connectivity index (χ0) is 14.9. The molecule has 0 saturated heterocycles. The lowest BCUT2D eigenvalue weighted by Gasteiger charge is -2.10. The third kappa shape index (κ3) is 2.46. The molecule has 7 nitrogen and oxygen atoms in total. The van der Waals surface area contributed by atoms with Crippen LogP contribution < -0.4 is 10.5 Å². The molecule has 0 amide bonds. The van der Waals surface area contributed by atoms with Crippen molar-refractivity contribution in [2.75, 3.05) is 4.72 Å². The van der Waals surface area contributed by atoms with Crippen molar-refractivity contribution in [2.24, 2.45) is 5.73 Å². The van der Waals surface area contributed by atoms with Crippen LogP contribution in [0.3, 0.4) is 0 Å². The van der Waals surface area contributed by atoms with Gasteiger partial charge in [0.05, 0.1) is 11.9 Å². The van der Waals surface area contributed by atoms with Gasteiger partial charge in [-0.3, -0.25) is 14.8 Å². The maximum absolute atomic E-state index is 12.4. The monoisotopic (exact) mass is 303 g/mol. The first-order valence-corrected chi connectivity index (χ1v) is 7.68. The fraction of sp³-hybridized carbons (Fsp3) is 0.0769. The Bertz CT molecular complexity index is 883. The first-order valence-electron chi connectivity index (χ1n) is 6.19. The molecule has 0 radical (unpaired) electrons. The Hall–Kier alpha value is -2.45. The van der Waals surface area contributed by atoms with E-state index in [0.29, 0.717) is 11.3 Å². The van der Waals surface area contributed by atoms with E-state index in [9.17, 15) is 8.42 Å². The highest BCUT2D eigenvalue weighted by molar-refractivity contribution is 7.92. The Kier molecular flexibility index (Phi) is 3.32. The summed E-state index contributed by atoms with van der Waals surface area (Å²) in [4.78, 5) is 4.03. The molecule has 0 fully saturated rings. The van der Waals surface area contributed by atoms with E-state index in [0.717, 1.165) is 10.8 Å². The number of nitrogens with one attached hydrogen (secondary N) is 2. The van der Waals surface area contributed by atoms with Crippen molar-refractivity contribution < 1.29 is 8.42 Å². The quantitative estimate of drug-likeness (QED) is 0.670. The molecule has 0 spiro atoms. The van der Waals surface area contributed by atoms with Crippen LogP contribution in [0.2, 0.25) is 0 Å². The van der Waals surface area contributed by atoms with Gasteiger partial charge in [-0.15, -0.1) is 0 Å². The summed E-state index contributed by atoms with van der Waals surface area (Å²) in [6.07, 6.45) is 4.67. The molecular weight excluding hydrogens is 290 g/mol. The molecule has 0 aliphatic heterocycles. The van der Waals surface area contributed by atoms with Crippen LogP contribution in [-0.4, -0.2) is 23.6 Å². The number of rotatable bonds is 4. The summed E-state index contributed by atoms with van der Waals surface area (Å²) < 4.78 is 27.4. The normalized spacial score (nSPS) is 11.7. The number of pyridine rings is 1. The predicted molar refractivity (Wildman–Crippen MR) is 79.0 cm³/mol. The lowest BCUT2D eigenvalue weighted by molar-refractivity contribution is 0.596. The fourth-order valence-electron chi connectivity index (χ4n) is 2.08. The van der Waals surface area contributed by atoms with Crippen LogP contribution in [0.1, 0.15) is 5.56 Å². The highest BCUT2D eigenvalue weighted by atomic mass is 32.2. The molecule has 3 aromatic rings. The second-order valence-corrected chi connectivity index (χ2v) is 6.06. The molecule has 0 atom stereocenters. The van der Waals surface area contributed by atoms with Crippen LogP contribution >= 0.6 is 0 Å². The summed E-state index contributed by atoms with van der Waals surface area (Å²) in [7, 11) is -3.78.